The van der Waals surface area contributed by atoms with Crippen LogP contribution in [0.1, 0.15) is 20.8 Å². The summed E-state index contributed by atoms with van der Waals surface area (Å²) in [5.41, 5.74) is 1.88. The van der Waals surface area contributed by atoms with Crippen LogP contribution in [-0.4, -0.2) is 42.0 Å². The number of nitrogens with one attached hydrogen (secondary N) is 1. The summed E-state index contributed by atoms with van der Waals surface area (Å²) in [5.74, 6) is 0.496. The fourth-order valence-corrected chi connectivity index (χ4v) is 2.26. The molecule has 0 aromatic heterocycles. The van der Waals surface area contributed by atoms with Crippen molar-refractivity contribution in [2.75, 3.05) is 18.2 Å². The van der Waals surface area contributed by atoms with Crippen molar-refractivity contribution < 1.29 is 28.6 Å². The van der Waals surface area contributed by atoms with Gasteiger partial charge >= 0.3 is 12.1 Å². The van der Waals surface area contributed by atoms with E-state index in [9.17, 15) is 14.4 Å². The fourth-order valence-electron chi connectivity index (χ4n) is 2.26. The van der Waals surface area contributed by atoms with Crippen LogP contribution in [0.3, 0.4) is 0 Å². The van der Waals surface area contributed by atoms with E-state index < -0.39 is 23.6 Å². The van der Waals surface area contributed by atoms with Crippen molar-refractivity contribution in [1.29, 1.82) is 0 Å². The van der Waals surface area contributed by atoms with Crippen LogP contribution in [0.4, 0.5) is 15.3 Å². The molecule has 3 rings (SSSR count). The second-order valence-corrected chi connectivity index (χ2v) is 6.25. The Kier molecular flexibility index (Phi) is 3.70. The fraction of sp³-hybridized carbons (Fsp3) is 0.400. The van der Waals surface area contributed by atoms with Crippen LogP contribution in [0.2, 0.25) is 0 Å². The first-order valence-corrected chi connectivity index (χ1v) is 7.28. The molecule has 1 fully saturated rings. The quantitative estimate of drug-likeness (QED) is 0.825. The summed E-state index contributed by atoms with van der Waals surface area (Å²) in [7, 11) is 0. The molecule has 0 atom stereocenters. The molecule has 2 aliphatic heterocycles. The predicted octanol–water partition coefficient (Wildman–Crippen LogP) is 1.62. The van der Waals surface area contributed by atoms with E-state index in [1.54, 1.807) is 39.0 Å². The maximum Gasteiger partial charge on any atom is 0.427 e. The number of ether oxygens (including phenoxy) is 3. The van der Waals surface area contributed by atoms with Crippen LogP contribution in [0.15, 0.2) is 18.2 Å². The SMILES string of the molecule is CC(C)(C)OC(=O)NN1C(=O)CN(c2ccc3c(c2)OCO3)C1=O. The summed E-state index contributed by atoms with van der Waals surface area (Å²) in [6, 6.07) is 4.21. The highest BCUT2D eigenvalue weighted by Crippen LogP contribution is 2.36. The van der Waals surface area contributed by atoms with E-state index >= 15 is 0 Å². The molecule has 0 bridgehead atoms. The van der Waals surface area contributed by atoms with Crippen molar-refractivity contribution in [1.82, 2.24) is 10.4 Å². The maximum atomic E-state index is 12.4. The number of hydrazine groups is 1. The molecule has 1 N–H and O–H groups in total. The average molecular weight is 335 g/mol. The topological polar surface area (TPSA) is 97.4 Å². The van der Waals surface area contributed by atoms with Gasteiger partial charge in [0.1, 0.15) is 12.1 Å². The van der Waals surface area contributed by atoms with Crippen molar-refractivity contribution in [3.8, 4) is 11.5 Å². The lowest BCUT2D eigenvalue weighted by Crippen LogP contribution is -2.48. The standard InChI is InChI=1S/C15H17N3O6/c1-15(2,3)24-13(20)16-18-12(19)7-17(14(18)21)9-4-5-10-11(6-9)23-8-22-10/h4-6H,7-8H2,1-3H3,(H,16,20). The number of benzene rings is 1. The first-order valence-electron chi connectivity index (χ1n) is 7.28. The van der Waals surface area contributed by atoms with Crippen LogP contribution in [0.25, 0.3) is 0 Å². The molecule has 9 heteroatoms. The Morgan fingerprint density at radius 1 is 1.21 bits per heavy atom. The van der Waals surface area contributed by atoms with E-state index in [1.165, 1.54) is 4.90 Å². The normalized spacial score (nSPS) is 16.6. The van der Waals surface area contributed by atoms with E-state index in [-0.39, 0.29) is 13.3 Å². The molecule has 1 saturated heterocycles. The second-order valence-electron chi connectivity index (χ2n) is 6.25. The molecule has 1 aromatic carbocycles. The number of hydrogen-bond acceptors (Lipinski definition) is 6. The second kappa shape index (κ2) is 5.59. The van der Waals surface area contributed by atoms with E-state index in [0.29, 0.717) is 22.2 Å². The van der Waals surface area contributed by atoms with Gasteiger partial charge in [-0.2, -0.15) is 5.01 Å². The molecule has 4 amide bonds. The molecule has 1 aromatic rings. The predicted molar refractivity (Wildman–Crippen MR) is 81.5 cm³/mol. The summed E-state index contributed by atoms with van der Waals surface area (Å²) in [6.45, 7) is 4.95. The van der Waals surface area contributed by atoms with Gasteiger partial charge in [-0.15, -0.1) is 0 Å². The maximum absolute atomic E-state index is 12.4. The lowest BCUT2D eigenvalue weighted by Gasteiger charge is -2.22. The van der Waals surface area contributed by atoms with Crippen LogP contribution in [-0.2, 0) is 9.53 Å². The van der Waals surface area contributed by atoms with E-state index in [1.807, 2.05) is 0 Å². The van der Waals surface area contributed by atoms with E-state index in [2.05, 4.69) is 5.43 Å². The lowest BCUT2D eigenvalue weighted by atomic mass is 10.2. The zero-order valence-electron chi connectivity index (χ0n) is 13.5. The Labute approximate surface area is 138 Å². The van der Waals surface area contributed by atoms with Crippen molar-refractivity contribution in [2.45, 2.75) is 26.4 Å². The number of nitrogens with zero attached hydrogens (tertiary/aromatic N) is 2. The molecule has 0 aliphatic carbocycles. The molecule has 0 unspecified atom stereocenters. The number of carbonyl (C=O) groups is 3. The van der Waals surface area contributed by atoms with Gasteiger partial charge in [-0.3, -0.25) is 9.69 Å². The Bertz CT molecular complexity index is 712. The van der Waals surface area contributed by atoms with Crippen molar-refractivity contribution in [2.24, 2.45) is 0 Å². The molecular formula is C15H17N3O6. The summed E-state index contributed by atoms with van der Waals surface area (Å²) >= 11 is 0. The smallest absolute Gasteiger partial charge is 0.427 e. The zero-order chi connectivity index (χ0) is 17.5. The van der Waals surface area contributed by atoms with Gasteiger partial charge in [0.15, 0.2) is 11.5 Å². The average Bonchev–Trinajstić information content (AvgIpc) is 3.04. The minimum atomic E-state index is -0.878. The summed E-state index contributed by atoms with van der Waals surface area (Å²) in [5, 5.41) is 0.638. The summed E-state index contributed by atoms with van der Waals surface area (Å²) in [4.78, 5) is 37.4. The van der Waals surface area contributed by atoms with Crippen molar-refractivity contribution in [3.05, 3.63) is 18.2 Å². The zero-order valence-corrected chi connectivity index (χ0v) is 13.5. The monoisotopic (exact) mass is 335 g/mol. The molecule has 9 nitrogen and oxygen atoms in total. The number of imide groups is 1. The lowest BCUT2D eigenvalue weighted by molar-refractivity contribution is -0.127. The van der Waals surface area contributed by atoms with Gasteiger partial charge in [0.2, 0.25) is 6.79 Å². The summed E-state index contributed by atoms with van der Waals surface area (Å²) < 4.78 is 15.5. The van der Waals surface area contributed by atoms with Gasteiger partial charge in [0.25, 0.3) is 5.91 Å². The van der Waals surface area contributed by atoms with Crippen LogP contribution in [0, 0.1) is 0 Å². The van der Waals surface area contributed by atoms with Crippen molar-refractivity contribution in [3.63, 3.8) is 0 Å². The third-order valence-electron chi connectivity index (χ3n) is 3.23. The molecule has 0 radical (unpaired) electrons. The number of carbonyl (C=O) groups excluding carboxylic acids is 3. The Hall–Kier alpha value is -2.97. The number of hydrogen-bond donors (Lipinski definition) is 1. The number of fused-ring (bicyclic) bond motifs is 1. The minimum absolute atomic E-state index is 0.109. The molecule has 2 heterocycles. The first kappa shape index (κ1) is 15.9. The van der Waals surface area contributed by atoms with Gasteiger partial charge in [0, 0.05) is 6.07 Å². The third-order valence-corrected chi connectivity index (χ3v) is 3.23. The Morgan fingerprint density at radius 3 is 2.62 bits per heavy atom. The third kappa shape index (κ3) is 3.05. The number of rotatable bonds is 2. The van der Waals surface area contributed by atoms with Gasteiger partial charge in [0.05, 0.1) is 5.69 Å². The molecule has 0 saturated carbocycles. The Morgan fingerprint density at radius 2 is 1.92 bits per heavy atom. The molecule has 128 valence electrons. The van der Waals surface area contributed by atoms with E-state index in [0.717, 1.165) is 0 Å². The highest BCUT2D eigenvalue weighted by molar-refractivity contribution is 6.12. The summed E-state index contributed by atoms with van der Waals surface area (Å²) in [6.07, 6.45) is -0.878. The van der Waals surface area contributed by atoms with Gasteiger partial charge < -0.3 is 14.2 Å². The first-order chi connectivity index (χ1) is 11.2. The largest absolute Gasteiger partial charge is 0.454 e. The minimum Gasteiger partial charge on any atom is -0.454 e. The van der Waals surface area contributed by atoms with Crippen LogP contribution >= 0.6 is 0 Å². The molecule has 24 heavy (non-hydrogen) atoms. The molecule has 2 aliphatic rings. The van der Waals surface area contributed by atoms with Crippen LogP contribution in [0.5, 0.6) is 11.5 Å². The van der Waals surface area contributed by atoms with Crippen molar-refractivity contribution >= 4 is 23.7 Å². The Balaban J connectivity index is 1.73. The number of anilines is 1. The van der Waals surface area contributed by atoms with Crippen LogP contribution < -0.4 is 19.8 Å². The highest BCUT2D eigenvalue weighted by Gasteiger charge is 2.39. The number of urea groups is 1. The van der Waals surface area contributed by atoms with Gasteiger partial charge in [-0.05, 0) is 32.9 Å². The molecular weight excluding hydrogens is 318 g/mol. The number of amides is 4. The highest BCUT2D eigenvalue weighted by atomic mass is 16.7. The van der Waals surface area contributed by atoms with E-state index in [4.69, 9.17) is 14.2 Å². The molecule has 0 spiro atoms. The van der Waals surface area contributed by atoms with Gasteiger partial charge in [-0.1, -0.05) is 0 Å². The van der Waals surface area contributed by atoms with Gasteiger partial charge in [-0.25, -0.2) is 15.0 Å².